The summed E-state index contributed by atoms with van der Waals surface area (Å²) in [6.45, 7) is 6.24. The highest BCUT2D eigenvalue weighted by atomic mass is 32.1. The van der Waals surface area contributed by atoms with Gasteiger partial charge in [0.25, 0.3) is 11.5 Å². The molecule has 140 valence electrons. The quantitative estimate of drug-likeness (QED) is 0.676. The lowest BCUT2D eigenvalue weighted by Crippen LogP contribution is -2.27. The van der Waals surface area contributed by atoms with E-state index in [0.29, 0.717) is 22.8 Å². The number of ether oxygens (including phenoxy) is 1. The smallest absolute Gasteiger partial charge is 0.265 e. The van der Waals surface area contributed by atoms with Crippen molar-refractivity contribution in [2.75, 3.05) is 6.61 Å². The highest BCUT2D eigenvalue weighted by Crippen LogP contribution is 2.36. The first-order valence-corrected chi connectivity index (χ1v) is 9.61. The van der Waals surface area contributed by atoms with Gasteiger partial charge in [-0.25, -0.2) is 0 Å². The molecule has 2 N–H and O–H groups in total. The predicted molar refractivity (Wildman–Crippen MR) is 109 cm³/mol. The molecule has 5 nitrogen and oxygen atoms in total. The van der Waals surface area contributed by atoms with E-state index in [-0.39, 0.29) is 18.0 Å². The molecule has 2 heterocycles. The molecule has 3 aromatic rings. The number of aromatic nitrogens is 1. The number of H-pyrrole nitrogens is 1. The summed E-state index contributed by atoms with van der Waals surface area (Å²) < 4.78 is 5.66. The lowest BCUT2D eigenvalue weighted by atomic mass is 10.1. The molecule has 0 saturated carbocycles. The second-order valence-corrected chi connectivity index (χ2v) is 7.28. The van der Waals surface area contributed by atoms with Crippen LogP contribution in [0.25, 0.3) is 10.4 Å². The van der Waals surface area contributed by atoms with Crippen LogP contribution in [0.4, 0.5) is 0 Å². The van der Waals surface area contributed by atoms with E-state index in [4.69, 9.17) is 4.74 Å². The van der Waals surface area contributed by atoms with E-state index in [1.165, 1.54) is 11.3 Å². The van der Waals surface area contributed by atoms with Crippen LogP contribution in [0.1, 0.15) is 33.4 Å². The van der Waals surface area contributed by atoms with Crippen LogP contribution in [0.5, 0.6) is 5.75 Å². The zero-order valence-corrected chi connectivity index (χ0v) is 16.4. The van der Waals surface area contributed by atoms with Crippen molar-refractivity contribution in [2.24, 2.45) is 0 Å². The van der Waals surface area contributed by atoms with E-state index in [1.807, 2.05) is 63.2 Å². The molecule has 0 fully saturated rings. The molecule has 0 aliphatic carbocycles. The number of benzene rings is 1. The van der Waals surface area contributed by atoms with Crippen molar-refractivity contribution in [3.05, 3.63) is 74.5 Å². The highest BCUT2D eigenvalue weighted by Gasteiger charge is 2.19. The lowest BCUT2D eigenvalue weighted by Gasteiger charge is -2.08. The number of amides is 1. The van der Waals surface area contributed by atoms with Crippen LogP contribution in [-0.4, -0.2) is 17.5 Å². The molecule has 1 amide bonds. The summed E-state index contributed by atoms with van der Waals surface area (Å²) in [7, 11) is 0. The topological polar surface area (TPSA) is 71.2 Å². The average Bonchev–Trinajstić information content (AvgIpc) is 3.06. The van der Waals surface area contributed by atoms with Gasteiger partial charge in [-0.05, 0) is 44.0 Å². The third kappa shape index (κ3) is 4.28. The SMILES string of the molecule is CCOc1cc(-c2ccccc2)sc1C(=O)NCc1c(C)cc(C)[nH]c1=O. The van der Waals surface area contributed by atoms with Crippen molar-refractivity contribution >= 4 is 17.2 Å². The fourth-order valence-electron chi connectivity index (χ4n) is 2.89. The van der Waals surface area contributed by atoms with E-state index in [9.17, 15) is 9.59 Å². The van der Waals surface area contributed by atoms with Gasteiger partial charge >= 0.3 is 0 Å². The Morgan fingerprint density at radius 2 is 1.93 bits per heavy atom. The summed E-state index contributed by atoms with van der Waals surface area (Å²) in [5, 5.41) is 2.85. The number of thiophene rings is 1. The van der Waals surface area contributed by atoms with E-state index in [1.54, 1.807) is 0 Å². The minimum absolute atomic E-state index is 0.171. The molecule has 6 heteroatoms. The molecular formula is C21H22N2O3S. The number of hydrogen-bond acceptors (Lipinski definition) is 4. The molecule has 0 bridgehead atoms. The second kappa shape index (κ2) is 8.22. The van der Waals surface area contributed by atoms with Gasteiger partial charge in [0.2, 0.25) is 0 Å². The van der Waals surface area contributed by atoms with Crippen molar-refractivity contribution in [3.8, 4) is 16.2 Å². The monoisotopic (exact) mass is 382 g/mol. The van der Waals surface area contributed by atoms with E-state index in [0.717, 1.165) is 21.7 Å². The average molecular weight is 382 g/mol. The zero-order valence-electron chi connectivity index (χ0n) is 15.6. The summed E-state index contributed by atoms with van der Waals surface area (Å²) in [6, 6.07) is 13.7. The van der Waals surface area contributed by atoms with Gasteiger partial charge in [0.1, 0.15) is 10.6 Å². The molecule has 27 heavy (non-hydrogen) atoms. The Balaban J connectivity index is 1.84. The first kappa shape index (κ1) is 18.9. The van der Waals surface area contributed by atoms with Gasteiger partial charge in [0.05, 0.1) is 6.61 Å². The summed E-state index contributed by atoms with van der Waals surface area (Å²) in [4.78, 5) is 29.1. The van der Waals surface area contributed by atoms with Crippen LogP contribution < -0.4 is 15.6 Å². The van der Waals surface area contributed by atoms with Crippen LogP contribution in [0, 0.1) is 13.8 Å². The zero-order chi connectivity index (χ0) is 19.4. The maximum atomic E-state index is 12.8. The number of nitrogens with one attached hydrogen (secondary N) is 2. The molecule has 0 aliphatic heterocycles. The molecule has 0 radical (unpaired) electrons. The molecule has 2 aromatic heterocycles. The molecule has 0 atom stereocenters. The molecule has 1 aromatic carbocycles. The van der Waals surface area contributed by atoms with Gasteiger partial charge in [0.15, 0.2) is 0 Å². The Morgan fingerprint density at radius 3 is 2.59 bits per heavy atom. The Bertz CT molecular complexity index is 1010. The number of aryl methyl sites for hydroxylation is 2. The number of pyridine rings is 1. The summed E-state index contributed by atoms with van der Waals surface area (Å²) >= 11 is 1.38. The van der Waals surface area contributed by atoms with Crippen molar-refractivity contribution in [2.45, 2.75) is 27.3 Å². The standard InChI is InChI=1S/C21H22N2O3S/c1-4-26-17-11-18(15-8-6-5-7-9-15)27-19(17)21(25)22-12-16-13(2)10-14(3)23-20(16)24/h5-11H,4,12H2,1-3H3,(H,22,25)(H,23,24). The summed E-state index contributed by atoms with van der Waals surface area (Å²) in [5.74, 6) is 0.318. The third-order valence-electron chi connectivity index (χ3n) is 4.18. The van der Waals surface area contributed by atoms with Crippen LogP contribution in [0.2, 0.25) is 0 Å². The Labute approximate surface area is 162 Å². The number of rotatable bonds is 6. The fourth-order valence-corrected chi connectivity index (χ4v) is 3.91. The van der Waals surface area contributed by atoms with E-state index in [2.05, 4.69) is 10.3 Å². The third-order valence-corrected chi connectivity index (χ3v) is 5.35. The molecule has 0 aliphatic rings. The number of carbonyl (C=O) groups is 1. The molecule has 3 rings (SSSR count). The van der Waals surface area contributed by atoms with Crippen molar-refractivity contribution in [1.29, 1.82) is 0 Å². The second-order valence-electron chi connectivity index (χ2n) is 6.23. The van der Waals surface area contributed by atoms with Crippen molar-refractivity contribution < 1.29 is 9.53 Å². The minimum Gasteiger partial charge on any atom is -0.492 e. The minimum atomic E-state index is -0.245. The molecule has 0 unspecified atom stereocenters. The van der Waals surface area contributed by atoms with E-state index < -0.39 is 0 Å². The van der Waals surface area contributed by atoms with Crippen molar-refractivity contribution in [3.63, 3.8) is 0 Å². The normalized spacial score (nSPS) is 10.6. The van der Waals surface area contributed by atoms with Crippen LogP contribution in [0.15, 0.2) is 47.3 Å². The Hall–Kier alpha value is -2.86. The molecular weight excluding hydrogens is 360 g/mol. The van der Waals surface area contributed by atoms with Crippen LogP contribution >= 0.6 is 11.3 Å². The summed E-state index contributed by atoms with van der Waals surface area (Å²) in [5.41, 5.74) is 3.09. The van der Waals surface area contributed by atoms with Crippen molar-refractivity contribution in [1.82, 2.24) is 10.3 Å². The molecule has 0 saturated heterocycles. The first-order valence-electron chi connectivity index (χ1n) is 8.79. The fraction of sp³-hybridized carbons (Fsp3) is 0.238. The lowest BCUT2D eigenvalue weighted by molar-refractivity contribution is 0.0951. The number of carbonyl (C=O) groups excluding carboxylic acids is 1. The largest absolute Gasteiger partial charge is 0.492 e. The van der Waals surface area contributed by atoms with Gasteiger partial charge in [-0.2, -0.15) is 0 Å². The summed E-state index contributed by atoms with van der Waals surface area (Å²) in [6.07, 6.45) is 0. The number of hydrogen-bond donors (Lipinski definition) is 2. The predicted octanol–water partition coefficient (Wildman–Crippen LogP) is 4.05. The van der Waals surface area contributed by atoms with Crippen LogP contribution in [-0.2, 0) is 6.54 Å². The maximum Gasteiger partial charge on any atom is 0.265 e. The Morgan fingerprint density at radius 1 is 1.19 bits per heavy atom. The Kier molecular flexibility index (Phi) is 5.76. The first-order chi connectivity index (χ1) is 13.0. The highest BCUT2D eigenvalue weighted by molar-refractivity contribution is 7.17. The maximum absolute atomic E-state index is 12.8. The van der Waals surface area contributed by atoms with Gasteiger partial charge in [0, 0.05) is 22.7 Å². The van der Waals surface area contributed by atoms with Gasteiger partial charge in [-0.15, -0.1) is 11.3 Å². The van der Waals surface area contributed by atoms with Gasteiger partial charge < -0.3 is 15.0 Å². The molecule has 0 spiro atoms. The van der Waals surface area contributed by atoms with Gasteiger partial charge in [-0.1, -0.05) is 30.3 Å². The van der Waals surface area contributed by atoms with E-state index >= 15 is 0 Å². The van der Waals surface area contributed by atoms with Gasteiger partial charge in [-0.3, -0.25) is 9.59 Å². The van der Waals surface area contributed by atoms with Crippen LogP contribution in [0.3, 0.4) is 0 Å². The number of aromatic amines is 1.